The fourth-order valence-corrected chi connectivity index (χ4v) is 3.72. The minimum absolute atomic E-state index is 0.369. The van der Waals surface area contributed by atoms with Crippen LogP contribution in [-0.2, 0) is 11.3 Å². The third-order valence-electron chi connectivity index (χ3n) is 5.18. The Morgan fingerprint density at radius 1 is 0.969 bits per heavy atom. The lowest BCUT2D eigenvalue weighted by Crippen LogP contribution is -2.17. The number of nitrogens with zero attached hydrogens (tertiary/aromatic N) is 2. The predicted molar refractivity (Wildman–Crippen MR) is 126 cm³/mol. The summed E-state index contributed by atoms with van der Waals surface area (Å²) in [6.07, 6.45) is 4.28. The molecule has 0 saturated carbocycles. The number of aromatic nitrogens is 1. The largest absolute Gasteiger partial charge is 0.341 e. The van der Waals surface area contributed by atoms with Crippen molar-refractivity contribution in [3.63, 3.8) is 0 Å². The summed E-state index contributed by atoms with van der Waals surface area (Å²) >= 11 is 0. The van der Waals surface area contributed by atoms with Crippen LogP contribution in [0.2, 0.25) is 0 Å². The number of hydrogen-bond acceptors (Lipinski definition) is 4. The van der Waals surface area contributed by atoms with E-state index in [-0.39, 0.29) is 5.91 Å². The maximum Gasteiger partial charge on any atom is 0.271 e. The van der Waals surface area contributed by atoms with E-state index in [9.17, 15) is 9.59 Å². The SMILES string of the molecule is CCn1c2ccccc2c2cc(C=NNC(=O)c3cccc(C=CC(=O)NO)c3)ccc21. The molecular formula is C25H22N4O3. The van der Waals surface area contributed by atoms with Crippen LogP contribution >= 0.6 is 0 Å². The summed E-state index contributed by atoms with van der Waals surface area (Å²) in [7, 11) is 0. The van der Waals surface area contributed by atoms with Crippen LogP contribution in [0.4, 0.5) is 0 Å². The van der Waals surface area contributed by atoms with Gasteiger partial charge in [0.05, 0.1) is 6.21 Å². The van der Waals surface area contributed by atoms with Crippen LogP contribution in [0.1, 0.15) is 28.4 Å². The second-order valence-corrected chi connectivity index (χ2v) is 7.17. The molecule has 0 aliphatic rings. The van der Waals surface area contributed by atoms with Crippen molar-refractivity contribution < 1.29 is 14.8 Å². The van der Waals surface area contributed by atoms with E-state index >= 15 is 0 Å². The van der Waals surface area contributed by atoms with Crippen molar-refractivity contribution in [2.75, 3.05) is 0 Å². The van der Waals surface area contributed by atoms with E-state index in [1.54, 1.807) is 30.5 Å². The Morgan fingerprint density at radius 3 is 2.59 bits per heavy atom. The van der Waals surface area contributed by atoms with Gasteiger partial charge in [0, 0.05) is 40.0 Å². The van der Waals surface area contributed by atoms with Crippen molar-refractivity contribution in [3.8, 4) is 0 Å². The Morgan fingerprint density at radius 2 is 1.78 bits per heavy atom. The molecule has 1 heterocycles. The van der Waals surface area contributed by atoms with Gasteiger partial charge in [0.2, 0.25) is 0 Å². The van der Waals surface area contributed by atoms with Crippen molar-refractivity contribution in [3.05, 3.63) is 89.5 Å². The molecule has 32 heavy (non-hydrogen) atoms. The van der Waals surface area contributed by atoms with E-state index < -0.39 is 5.91 Å². The normalized spacial score (nSPS) is 11.6. The maximum atomic E-state index is 12.4. The van der Waals surface area contributed by atoms with Crippen molar-refractivity contribution in [1.82, 2.24) is 15.5 Å². The number of carbonyl (C=O) groups excluding carboxylic acids is 2. The number of hydroxylamine groups is 1. The highest BCUT2D eigenvalue weighted by atomic mass is 16.5. The molecule has 7 nitrogen and oxygen atoms in total. The third-order valence-corrected chi connectivity index (χ3v) is 5.18. The zero-order chi connectivity index (χ0) is 22.5. The van der Waals surface area contributed by atoms with Gasteiger partial charge in [-0.05, 0) is 54.5 Å². The van der Waals surface area contributed by atoms with Gasteiger partial charge in [-0.1, -0.05) is 36.4 Å². The highest BCUT2D eigenvalue weighted by Gasteiger charge is 2.09. The molecule has 7 heteroatoms. The number of fused-ring (bicyclic) bond motifs is 3. The monoisotopic (exact) mass is 426 g/mol. The second kappa shape index (κ2) is 9.28. The first kappa shape index (κ1) is 21.0. The van der Waals surface area contributed by atoms with Gasteiger partial charge in [-0.15, -0.1) is 0 Å². The number of aryl methyl sites for hydroxylation is 1. The molecule has 0 bridgehead atoms. The average molecular weight is 426 g/mol. The van der Waals surface area contributed by atoms with E-state index in [0.29, 0.717) is 11.1 Å². The summed E-state index contributed by atoms with van der Waals surface area (Å²) in [6, 6.07) is 21.1. The van der Waals surface area contributed by atoms with Gasteiger partial charge in [0.25, 0.3) is 11.8 Å². The molecule has 2 amide bonds. The van der Waals surface area contributed by atoms with Crippen molar-refractivity contribution >= 4 is 45.9 Å². The molecule has 0 fully saturated rings. The van der Waals surface area contributed by atoms with E-state index in [0.717, 1.165) is 23.0 Å². The Bertz CT molecular complexity index is 1370. The fourth-order valence-electron chi connectivity index (χ4n) is 3.72. The summed E-state index contributed by atoms with van der Waals surface area (Å²) in [6.45, 7) is 3.01. The zero-order valence-electron chi connectivity index (χ0n) is 17.4. The minimum atomic E-state index is -0.650. The molecule has 0 saturated heterocycles. The van der Waals surface area contributed by atoms with Crippen LogP contribution in [0.5, 0.6) is 0 Å². The van der Waals surface area contributed by atoms with E-state index in [1.807, 2.05) is 18.2 Å². The van der Waals surface area contributed by atoms with Gasteiger partial charge in [-0.2, -0.15) is 5.10 Å². The number of rotatable bonds is 6. The molecule has 4 rings (SSSR count). The zero-order valence-corrected chi connectivity index (χ0v) is 17.4. The number of para-hydroxylation sites is 1. The number of benzene rings is 3. The topological polar surface area (TPSA) is 95.7 Å². The number of carbonyl (C=O) groups is 2. The first-order chi connectivity index (χ1) is 15.6. The molecule has 160 valence electrons. The van der Waals surface area contributed by atoms with Gasteiger partial charge in [0.15, 0.2) is 0 Å². The number of nitrogens with one attached hydrogen (secondary N) is 2. The molecule has 0 spiro atoms. The smallest absolute Gasteiger partial charge is 0.271 e. The molecule has 0 radical (unpaired) electrons. The molecule has 1 aromatic heterocycles. The fraction of sp³-hybridized carbons (Fsp3) is 0.0800. The number of amides is 2. The number of hydrazone groups is 1. The average Bonchev–Trinajstić information content (AvgIpc) is 3.15. The number of hydrogen-bond donors (Lipinski definition) is 3. The lowest BCUT2D eigenvalue weighted by Gasteiger charge is -2.03. The summed E-state index contributed by atoms with van der Waals surface area (Å²) in [4.78, 5) is 23.5. The van der Waals surface area contributed by atoms with E-state index in [4.69, 9.17) is 5.21 Å². The van der Waals surface area contributed by atoms with Crippen molar-refractivity contribution in [1.29, 1.82) is 0 Å². The van der Waals surface area contributed by atoms with Crippen LogP contribution in [-0.4, -0.2) is 27.8 Å². The molecule has 3 aromatic carbocycles. The van der Waals surface area contributed by atoms with Crippen LogP contribution in [0.25, 0.3) is 27.9 Å². The van der Waals surface area contributed by atoms with Gasteiger partial charge >= 0.3 is 0 Å². The first-order valence-electron chi connectivity index (χ1n) is 10.2. The molecule has 4 aromatic rings. The van der Waals surface area contributed by atoms with E-state index in [1.165, 1.54) is 28.5 Å². The first-order valence-corrected chi connectivity index (χ1v) is 10.2. The standard InChI is InChI=1S/C25H22N4O3/c1-2-29-22-9-4-3-8-20(22)21-15-18(10-12-23(21)29)16-26-27-25(31)19-7-5-6-17(14-19)11-13-24(30)28-32/h3-16,32H,2H2,1H3,(H,27,31)(H,28,30). The van der Waals surface area contributed by atoms with Crippen molar-refractivity contribution in [2.24, 2.45) is 5.10 Å². The Labute approximate surface area is 184 Å². The van der Waals surface area contributed by atoms with Crippen LogP contribution < -0.4 is 10.9 Å². The molecular weight excluding hydrogens is 404 g/mol. The Hall–Kier alpha value is -4.23. The molecule has 0 unspecified atom stereocenters. The highest BCUT2D eigenvalue weighted by molar-refractivity contribution is 6.09. The summed E-state index contributed by atoms with van der Waals surface area (Å²) in [5.41, 5.74) is 8.32. The Kier molecular flexibility index (Phi) is 6.10. The second-order valence-electron chi connectivity index (χ2n) is 7.17. The van der Waals surface area contributed by atoms with Gasteiger partial charge in [-0.3, -0.25) is 14.8 Å². The van der Waals surface area contributed by atoms with Gasteiger partial charge in [0.1, 0.15) is 0 Å². The molecule has 3 N–H and O–H groups in total. The lowest BCUT2D eigenvalue weighted by molar-refractivity contribution is -0.124. The summed E-state index contributed by atoms with van der Waals surface area (Å²) in [5.74, 6) is -1.02. The van der Waals surface area contributed by atoms with Crippen molar-refractivity contribution in [2.45, 2.75) is 13.5 Å². The van der Waals surface area contributed by atoms with E-state index in [2.05, 4.69) is 46.3 Å². The summed E-state index contributed by atoms with van der Waals surface area (Å²) in [5, 5.41) is 15.0. The molecule has 0 aliphatic carbocycles. The quantitative estimate of drug-likeness (QED) is 0.187. The molecule has 0 atom stereocenters. The highest BCUT2D eigenvalue weighted by Crippen LogP contribution is 2.29. The predicted octanol–water partition coefficient (Wildman–Crippen LogP) is 4.10. The minimum Gasteiger partial charge on any atom is -0.341 e. The third kappa shape index (κ3) is 4.28. The Balaban J connectivity index is 1.52. The van der Waals surface area contributed by atoms with Gasteiger partial charge < -0.3 is 4.57 Å². The summed E-state index contributed by atoms with van der Waals surface area (Å²) < 4.78 is 2.28. The lowest BCUT2D eigenvalue weighted by atomic mass is 10.1. The van der Waals surface area contributed by atoms with Crippen LogP contribution in [0.15, 0.2) is 77.9 Å². The molecule has 0 aliphatic heterocycles. The maximum absolute atomic E-state index is 12.4. The van der Waals surface area contributed by atoms with Gasteiger partial charge in [-0.25, -0.2) is 10.9 Å². The van der Waals surface area contributed by atoms with Crippen LogP contribution in [0, 0.1) is 0 Å². The van der Waals surface area contributed by atoms with Crippen LogP contribution in [0.3, 0.4) is 0 Å².